The minimum Gasteiger partial charge on any atom is -0.618 e. The number of pyridine rings is 1. The Morgan fingerprint density at radius 1 is 1.38 bits per heavy atom. The maximum absolute atomic E-state index is 12.0. The van der Waals surface area contributed by atoms with Gasteiger partial charge in [-0.1, -0.05) is 6.42 Å². The van der Waals surface area contributed by atoms with Crippen LogP contribution >= 0.6 is 11.8 Å². The third-order valence-corrected chi connectivity index (χ3v) is 6.20. The van der Waals surface area contributed by atoms with Crippen LogP contribution in [0, 0.1) is 23.0 Å². The Kier molecular flexibility index (Phi) is 5.28. The lowest BCUT2D eigenvalue weighted by Crippen LogP contribution is -2.47. The number of hydrogen-bond acceptors (Lipinski definition) is 4. The molecule has 24 heavy (non-hydrogen) atoms. The molecule has 2 N–H and O–H groups in total. The van der Waals surface area contributed by atoms with E-state index in [1.165, 1.54) is 31.9 Å². The smallest absolute Gasteiger partial charge is 0.321 e. The van der Waals surface area contributed by atoms with Crippen molar-refractivity contribution in [2.45, 2.75) is 43.7 Å². The molecule has 2 aliphatic rings. The summed E-state index contributed by atoms with van der Waals surface area (Å²) in [5.74, 6) is 1.71. The lowest BCUT2D eigenvalue weighted by atomic mass is 9.84. The van der Waals surface area contributed by atoms with Crippen molar-refractivity contribution < 1.29 is 14.3 Å². The third kappa shape index (κ3) is 4.01. The van der Waals surface area contributed by atoms with Crippen LogP contribution < -0.4 is 15.4 Å². The van der Waals surface area contributed by atoms with Crippen LogP contribution in [0.15, 0.2) is 29.4 Å². The second-order valence-electron chi connectivity index (χ2n) is 6.80. The number of rotatable bonds is 5. The molecule has 2 fully saturated rings. The van der Waals surface area contributed by atoms with Crippen molar-refractivity contribution in [2.24, 2.45) is 17.8 Å². The average Bonchev–Trinajstić information content (AvgIpc) is 3.17. The van der Waals surface area contributed by atoms with Gasteiger partial charge in [0.25, 0.3) is 5.03 Å². The van der Waals surface area contributed by atoms with Gasteiger partial charge in [0.05, 0.1) is 5.75 Å². The highest BCUT2D eigenvalue weighted by atomic mass is 32.2. The maximum atomic E-state index is 12.0. The molecule has 0 aromatic carbocycles. The summed E-state index contributed by atoms with van der Waals surface area (Å²) < 4.78 is 0.704. The fourth-order valence-electron chi connectivity index (χ4n) is 4.08. The highest BCUT2D eigenvalue weighted by Gasteiger charge is 2.42. The number of fused-ring (bicyclic) bond motifs is 2. The molecular weight excluding hydrogens is 326 g/mol. The van der Waals surface area contributed by atoms with Gasteiger partial charge in [-0.2, -0.15) is 4.73 Å². The third-order valence-electron chi connectivity index (χ3n) is 5.19. The Bertz CT molecular complexity index is 625. The summed E-state index contributed by atoms with van der Waals surface area (Å²) in [5.41, 5.74) is 0. The van der Waals surface area contributed by atoms with Crippen LogP contribution in [0.25, 0.3) is 0 Å². The molecule has 2 bridgehead atoms. The quantitative estimate of drug-likeness (QED) is 0.484. The van der Waals surface area contributed by atoms with E-state index in [2.05, 4.69) is 10.6 Å². The number of carbonyl (C=O) groups is 2. The SMILES string of the molecule is C[C@H](NC(=O)NC(=O)CSc1cccc[n+]1[O-])[C@@H]1C[C@@H]2CC[C@@H]1C2. The summed E-state index contributed by atoms with van der Waals surface area (Å²) >= 11 is 1.11. The van der Waals surface area contributed by atoms with Crippen molar-refractivity contribution in [2.75, 3.05) is 5.75 Å². The van der Waals surface area contributed by atoms with E-state index in [9.17, 15) is 14.8 Å². The molecule has 130 valence electrons. The summed E-state index contributed by atoms with van der Waals surface area (Å²) in [7, 11) is 0. The van der Waals surface area contributed by atoms with Gasteiger partial charge in [-0.05, 0) is 61.8 Å². The van der Waals surface area contributed by atoms with Gasteiger partial charge in [0.2, 0.25) is 5.91 Å². The molecule has 4 atom stereocenters. The van der Waals surface area contributed by atoms with E-state index in [1.54, 1.807) is 18.2 Å². The number of hydrogen-bond donors (Lipinski definition) is 2. The van der Waals surface area contributed by atoms with Gasteiger partial charge < -0.3 is 10.5 Å². The van der Waals surface area contributed by atoms with Crippen molar-refractivity contribution in [1.29, 1.82) is 0 Å². The number of carbonyl (C=O) groups excluding carboxylic acids is 2. The number of urea groups is 1. The zero-order valence-electron chi connectivity index (χ0n) is 13.7. The number of amides is 3. The molecule has 0 aliphatic heterocycles. The minimum absolute atomic E-state index is 0.0299. The van der Waals surface area contributed by atoms with Crippen LogP contribution in [0.1, 0.15) is 32.6 Å². The van der Waals surface area contributed by atoms with E-state index in [0.717, 1.165) is 23.6 Å². The first-order chi connectivity index (χ1) is 11.5. The zero-order chi connectivity index (χ0) is 17.1. The van der Waals surface area contributed by atoms with Crippen molar-refractivity contribution in [3.05, 3.63) is 29.6 Å². The van der Waals surface area contributed by atoms with E-state index >= 15 is 0 Å². The summed E-state index contributed by atoms with van der Waals surface area (Å²) in [6, 6.07) is 4.64. The van der Waals surface area contributed by atoms with Crippen LogP contribution in [0.5, 0.6) is 0 Å². The zero-order valence-corrected chi connectivity index (χ0v) is 14.6. The lowest BCUT2D eigenvalue weighted by molar-refractivity contribution is -0.645. The molecule has 6 nitrogen and oxygen atoms in total. The van der Waals surface area contributed by atoms with E-state index in [1.807, 2.05) is 6.92 Å². The average molecular weight is 349 g/mol. The molecule has 3 amide bonds. The summed E-state index contributed by atoms with van der Waals surface area (Å²) in [6.45, 7) is 2.02. The predicted molar refractivity (Wildman–Crippen MR) is 91.2 cm³/mol. The highest BCUT2D eigenvalue weighted by Crippen LogP contribution is 2.49. The Morgan fingerprint density at radius 2 is 2.21 bits per heavy atom. The van der Waals surface area contributed by atoms with Crippen LogP contribution in [-0.2, 0) is 4.79 Å². The van der Waals surface area contributed by atoms with E-state index in [0.29, 0.717) is 15.7 Å². The summed E-state index contributed by atoms with van der Waals surface area (Å²) in [6.07, 6.45) is 6.46. The Balaban J connectivity index is 1.41. The molecule has 3 rings (SSSR count). The van der Waals surface area contributed by atoms with Crippen molar-refractivity contribution in [3.8, 4) is 0 Å². The van der Waals surface area contributed by atoms with Crippen LogP contribution in [0.4, 0.5) is 4.79 Å². The molecule has 2 saturated carbocycles. The maximum Gasteiger partial charge on any atom is 0.321 e. The first kappa shape index (κ1) is 17.1. The molecule has 2 aliphatic carbocycles. The molecule has 1 heterocycles. The van der Waals surface area contributed by atoms with Gasteiger partial charge in [-0.15, -0.1) is 0 Å². The molecule has 0 saturated heterocycles. The predicted octanol–water partition coefficient (Wildman–Crippen LogP) is 2.06. The van der Waals surface area contributed by atoms with Crippen molar-refractivity contribution in [1.82, 2.24) is 10.6 Å². The molecule has 1 aromatic heterocycles. The lowest BCUT2D eigenvalue weighted by Gasteiger charge is -2.28. The number of imide groups is 1. The number of nitrogens with zero attached hydrogens (tertiary/aromatic N) is 1. The second kappa shape index (κ2) is 7.42. The van der Waals surface area contributed by atoms with E-state index in [4.69, 9.17) is 0 Å². The molecule has 1 aromatic rings. The van der Waals surface area contributed by atoms with Crippen molar-refractivity contribution >= 4 is 23.7 Å². The van der Waals surface area contributed by atoms with Gasteiger partial charge in [0.15, 0.2) is 6.20 Å². The number of nitrogens with one attached hydrogen (secondary N) is 2. The fraction of sp³-hybridized carbons (Fsp3) is 0.588. The second-order valence-corrected chi connectivity index (χ2v) is 7.80. The minimum atomic E-state index is -0.445. The fourth-order valence-corrected chi connectivity index (χ4v) is 4.80. The molecule has 0 radical (unpaired) electrons. The number of thioether (sulfide) groups is 1. The van der Waals surface area contributed by atoms with E-state index in [-0.39, 0.29) is 11.8 Å². The number of aromatic nitrogens is 1. The normalized spacial score (nSPS) is 26.1. The van der Waals surface area contributed by atoms with E-state index < -0.39 is 11.9 Å². The van der Waals surface area contributed by atoms with Crippen LogP contribution in [-0.4, -0.2) is 23.7 Å². The first-order valence-electron chi connectivity index (χ1n) is 8.44. The van der Waals surface area contributed by atoms with Gasteiger partial charge in [-0.3, -0.25) is 10.1 Å². The largest absolute Gasteiger partial charge is 0.618 e. The van der Waals surface area contributed by atoms with Gasteiger partial charge in [0, 0.05) is 18.2 Å². The topological polar surface area (TPSA) is 85.1 Å². The van der Waals surface area contributed by atoms with Crippen LogP contribution in [0.2, 0.25) is 0 Å². The van der Waals surface area contributed by atoms with Crippen LogP contribution in [0.3, 0.4) is 0 Å². The molecule has 0 unspecified atom stereocenters. The highest BCUT2D eigenvalue weighted by molar-refractivity contribution is 7.99. The van der Waals surface area contributed by atoms with Gasteiger partial charge >= 0.3 is 6.03 Å². The first-order valence-corrected chi connectivity index (χ1v) is 9.43. The molecule has 7 heteroatoms. The monoisotopic (exact) mass is 349 g/mol. The summed E-state index contributed by atoms with van der Waals surface area (Å²) in [5, 5.41) is 17.2. The van der Waals surface area contributed by atoms with Gasteiger partial charge in [0.1, 0.15) is 0 Å². The summed E-state index contributed by atoms with van der Waals surface area (Å²) in [4.78, 5) is 23.9. The molecule has 0 spiro atoms. The Morgan fingerprint density at radius 3 is 2.88 bits per heavy atom. The van der Waals surface area contributed by atoms with Crippen molar-refractivity contribution in [3.63, 3.8) is 0 Å². The Labute approximate surface area is 146 Å². The standard InChI is InChI=1S/C17H23N3O3S/c1-11(14-9-12-5-6-13(14)8-12)18-17(22)19-15(21)10-24-16-4-2-3-7-20(16)23/h2-4,7,11-14H,5-6,8-10H2,1H3,(H2,18,19,21,22)/t11-,12+,13+,14-/m0/s1. The molecular formula is C17H23N3O3S. The van der Waals surface area contributed by atoms with Gasteiger partial charge in [-0.25, -0.2) is 4.79 Å². The Hall–Kier alpha value is -1.76.